The number of carbonyl (C=O) groups excluding carboxylic acids is 3. The molecule has 0 unspecified atom stereocenters. The van der Waals surface area contributed by atoms with E-state index in [1.165, 1.54) is 17.7 Å². The van der Waals surface area contributed by atoms with Crippen molar-refractivity contribution in [3.8, 4) is 0 Å². The minimum atomic E-state index is -0.564. The van der Waals surface area contributed by atoms with E-state index in [1.54, 1.807) is 12.1 Å². The molecule has 0 atom stereocenters. The van der Waals surface area contributed by atoms with Crippen LogP contribution in [0.1, 0.15) is 49.5 Å². The molecule has 0 radical (unpaired) electrons. The SMILES string of the molecule is Cc1ccc(/C=C2\CCc3c2nc2ccccc2c3C(=O)OCC(=O)Nc2ccc(C(N)=O)cc2)cc1. The van der Waals surface area contributed by atoms with Crippen molar-refractivity contribution in [3.63, 3.8) is 0 Å². The molecule has 0 spiro atoms. The number of primary amides is 1. The molecule has 184 valence electrons. The maximum absolute atomic E-state index is 13.3. The van der Waals surface area contributed by atoms with E-state index in [0.29, 0.717) is 34.1 Å². The highest BCUT2D eigenvalue weighted by Gasteiger charge is 2.28. The summed E-state index contributed by atoms with van der Waals surface area (Å²) in [6.07, 6.45) is 3.53. The molecule has 0 fully saturated rings. The van der Waals surface area contributed by atoms with E-state index >= 15 is 0 Å². The van der Waals surface area contributed by atoms with Crippen molar-refractivity contribution < 1.29 is 19.1 Å². The number of esters is 1. The molecule has 1 aromatic heterocycles. The Kier molecular flexibility index (Phi) is 6.51. The zero-order valence-corrected chi connectivity index (χ0v) is 20.3. The van der Waals surface area contributed by atoms with Crippen molar-refractivity contribution >= 4 is 46.0 Å². The summed E-state index contributed by atoms with van der Waals surface area (Å²) in [5.74, 6) is -1.61. The summed E-state index contributed by atoms with van der Waals surface area (Å²) in [6.45, 7) is 1.60. The maximum atomic E-state index is 13.3. The standard InChI is InChI=1S/C30H25N3O4/c1-18-6-8-19(9-7-18)16-21-12-15-24-27(23-4-2-3-5-25(23)33-28(21)24)30(36)37-17-26(34)32-22-13-10-20(11-14-22)29(31)35/h2-11,13-14,16H,12,15,17H2,1H3,(H2,31,35)(H,32,34)/b21-16+. The van der Waals surface area contributed by atoms with Crippen molar-refractivity contribution in [2.45, 2.75) is 19.8 Å². The fourth-order valence-electron chi connectivity index (χ4n) is 4.49. The van der Waals surface area contributed by atoms with E-state index < -0.39 is 24.4 Å². The van der Waals surface area contributed by atoms with Crippen LogP contribution in [0.3, 0.4) is 0 Å². The fraction of sp³-hybridized carbons (Fsp3) is 0.133. The number of aromatic nitrogens is 1. The molecule has 3 aromatic carbocycles. The number of anilines is 1. The quantitative estimate of drug-likeness (QED) is 0.372. The number of benzene rings is 3. The number of hydrogen-bond acceptors (Lipinski definition) is 5. The number of pyridine rings is 1. The van der Waals surface area contributed by atoms with Crippen LogP contribution in [0.25, 0.3) is 22.6 Å². The predicted octanol–water partition coefficient (Wildman–Crippen LogP) is 4.92. The summed E-state index contributed by atoms with van der Waals surface area (Å²) < 4.78 is 5.45. The van der Waals surface area contributed by atoms with Gasteiger partial charge in [0, 0.05) is 16.6 Å². The van der Waals surface area contributed by atoms with Crippen molar-refractivity contribution in [2.24, 2.45) is 5.73 Å². The van der Waals surface area contributed by atoms with Gasteiger partial charge in [-0.1, -0.05) is 48.0 Å². The van der Waals surface area contributed by atoms with Crippen molar-refractivity contribution in [2.75, 3.05) is 11.9 Å². The molecule has 4 aromatic rings. The normalized spacial score (nSPS) is 13.4. The number of nitrogens with one attached hydrogen (secondary N) is 1. The average Bonchev–Trinajstić information content (AvgIpc) is 3.29. The van der Waals surface area contributed by atoms with Crippen LogP contribution in [-0.4, -0.2) is 29.4 Å². The molecule has 1 aliphatic carbocycles. The monoisotopic (exact) mass is 491 g/mol. The number of nitrogens with two attached hydrogens (primary N) is 1. The second kappa shape index (κ2) is 10.1. The summed E-state index contributed by atoms with van der Waals surface area (Å²) in [7, 11) is 0. The third-order valence-electron chi connectivity index (χ3n) is 6.35. The molecule has 0 saturated carbocycles. The summed E-state index contributed by atoms with van der Waals surface area (Å²) in [5, 5.41) is 3.35. The van der Waals surface area contributed by atoms with Crippen molar-refractivity contribution in [3.05, 3.63) is 106 Å². The number of rotatable bonds is 6. The van der Waals surface area contributed by atoms with Gasteiger partial charge in [0.15, 0.2) is 6.61 Å². The maximum Gasteiger partial charge on any atom is 0.339 e. The molecular weight excluding hydrogens is 466 g/mol. The lowest BCUT2D eigenvalue weighted by Gasteiger charge is -2.12. The van der Waals surface area contributed by atoms with Crippen LogP contribution in [0, 0.1) is 6.92 Å². The molecule has 5 rings (SSSR count). The molecule has 0 saturated heterocycles. The van der Waals surface area contributed by atoms with Gasteiger partial charge < -0.3 is 15.8 Å². The Morgan fingerprint density at radius 1 is 0.973 bits per heavy atom. The number of fused-ring (bicyclic) bond motifs is 2. The highest BCUT2D eigenvalue weighted by Crippen LogP contribution is 2.37. The van der Waals surface area contributed by atoms with Crippen LogP contribution >= 0.6 is 0 Å². The smallest absolute Gasteiger partial charge is 0.339 e. The second-order valence-electron chi connectivity index (χ2n) is 8.98. The first-order valence-electron chi connectivity index (χ1n) is 11.9. The fourth-order valence-corrected chi connectivity index (χ4v) is 4.49. The summed E-state index contributed by atoms with van der Waals surface area (Å²) in [6, 6.07) is 21.9. The van der Waals surface area contributed by atoms with E-state index in [0.717, 1.165) is 28.8 Å². The zero-order valence-electron chi connectivity index (χ0n) is 20.3. The summed E-state index contributed by atoms with van der Waals surface area (Å²) in [4.78, 5) is 41.8. The van der Waals surface area contributed by atoms with Gasteiger partial charge in [-0.2, -0.15) is 0 Å². The number of carbonyl (C=O) groups is 3. The van der Waals surface area contributed by atoms with E-state index in [2.05, 4.69) is 35.7 Å². The Labute approximate surface area is 214 Å². The van der Waals surface area contributed by atoms with Crippen molar-refractivity contribution in [1.29, 1.82) is 0 Å². The van der Waals surface area contributed by atoms with Gasteiger partial charge in [-0.05, 0) is 72.9 Å². The lowest BCUT2D eigenvalue weighted by atomic mass is 10.0. The third-order valence-corrected chi connectivity index (χ3v) is 6.35. The molecular formula is C30H25N3O4. The van der Waals surface area contributed by atoms with E-state index in [4.69, 9.17) is 15.5 Å². The number of allylic oxidation sites excluding steroid dienone is 1. The summed E-state index contributed by atoms with van der Waals surface area (Å²) >= 11 is 0. The predicted molar refractivity (Wildman–Crippen MR) is 143 cm³/mol. The van der Waals surface area contributed by atoms with Gasteiger partial charge in [-0.3, -0.25) is 9.59 Å². The Hall–Kier alpha value is -4.78. The van der Waals surface area contributed by atoms with Crippen molar-refractivity contribution in [1.82, 2.24) is 4.98 Å². The molecule has 1 aliphatic rings. The minimum Gasteiger partial charge on any atom is -0.452 e. The first-order chi connectivity index (χ1) is 17.9. The molecule has 3 N–H and O–H groups in total. The number of para-hydroxylation sites is 1. The van der Waals surface area contributed by atoms with E-state index in [1.807, 2.05) is 31.2 Å². The number of hydrogen-bond donors (Lipinski definition) is 2. The van der Waals surface area contributed by atoms with Gasteiger partial charge in [0.05, 0.1) is 16.8 Å². The van der Waals surface area contributed by atoms with Gasteiger partial charge in [0.2, 0.25) is 5.91 Å². The lowest BCUT2D eigenvalue weighted by Crippen LogP contribution is -2.22. The molecule has 0 aliphatic heterocycles. The minimum absolute atomic E-state index is 0.332. The molecule has 7 nitrogen and oxygen atoms in total. The summed E-state index contributed by atoms with van der Waals surface area (Å²) in [5.41, 5.74) is 12.2. The Morgan fingerprint density at radius 2 is 1.70 bits per heavy atom. The molecule has 0 bridgehead atoms. The lowest BCUT2D eigenvalue weighted by molar-refractivity contribution is -0.119. The van der Waals surface area contributed by atoms with Gasteiger partial charge in [-0.15, -0.1) is 0 Å². The molecule has 1 heterocycles. The third kappa shape index (κ3) is 5.11. The zero-order chi connectivity index (χ0) is 25.9. The van der Waals surface area contributed by atoms with Gasteiger partial charge in [0.25, 0.3) is 5.91 Å². The Balaban J connectivity index is 1.39. The van der Waals surface area contributed by atoms with Gasteiger partial charge in [-0.25, -0.2) is 9.78 Å². The highest BCUT2D eigenvalue weighted by molar-refractivity contribution is 6.08. The van der Waals surface area contributed by atoms with Crippen LogP contribution in [0.2, 0.25) is 0 Å². The van der Waals surface area contributed by atoms with Gasteiger partial charge in [0.1, 0.15) is 0 Å². The van der Waals surface area contributed by atoms with Crippen LogP contribution < -0.4 is 11.1 Å². The number of nitrogens with zero attached hydrogens (tertiary/aromatic N) is 1. The van der Waals surface area contributed by atoms with Crippen LogP contribution in [-0.2, 0) is 16.0 Å². The van der Waals surface area contributed by atoms with Crippen LogP contribution in [0.15, 0.2) is 72.8 Å². The second-order valence-corrected chi connectivity index (χ2v) is 8.98. The molecule has 2 amide bonds. The number of amides is 2. The van der Waals surface area contributed by atoms with Gasteiger partial charge >= 0.3 is 5.97 Å². The van der Waals surface area contributed by atoms with Crippen LogP contribution in [0.4, 0.5) is 5.69 Å². The van der Waals surface area contributed by atoms with E-state index in [-0.39, 0.29) is 0 Å². The largest absolute Gasteiger partial charge is 0.452 e. The first kappa shape index (κ1) is 23.9. The molecule has 7 heteroatoms. The Morgan fingerprint density at radius 3 is 2.43 bits per heavy atom. The van der Waals surface area contributed by atoms with Crippen LogP contribution in [0.5, 0.6) is 0 Å². The topological polar surface area (TPSA) is 111 Å². The number of ether oxygens (including phenoxy) is 1. The Bertz CT molecular complexity index is 1550. The van der Waals surface area contributed by atoms with E-state index in [9.17, 15) is 14.4 Å². The molecule has 37 heavy (non-hydrogen) atoms. The first-order valence-corrected chi connectivity index (χ1v) is 11.9. The highest BCUT2D eigenvalue weighted by atomic mass is 16.5. The average molecular weight is 492 g/mol. The number of aryl methyl sites for hydroxylation is 1.